The number of carbonyl (C=O) groups is 1. The molecule has 0 aliphatic heterocycles. The Hall–Kier alpha value is -3.55. The standard InChI is InChI=1S/C22H24N6O2/c1-14-11-18(15-7-5-6-8-17(15)25-14)26-19(29)9-10-27-13-23-20-16(21(27)30)12-24-28(20)22(2,3)4/h5-8,11-13H,9-10H2,1-4H3,(H,25,26,29). The number of rotatable bonds is 4. The van der Waals surface area contributed by atoms with Crippen LogP contribution in [0.5, 0.6) is 0 Å². The highest BCUT2D eigenvalue weighted by molar-refractivity contribution is 6.01. The van der Waals surface area contributed by atoms with Crippen LogP contribution in [-0.4, -0.2) is 30.2 Å². The summed E-state index contributed by atoms with van der Waals surface area (Å²) in [7, 11) is 0. The highest BCUT2D eigenvalue weighted by Crippen LogP contribution is 2.23. The van der Waals surface area contributed by atoms with E-state index in [1.54, 1.807) is 10.9 Å². The topological polar surface area (TPSA) is 94.7 Å². The Morgan fingerprint density at radius 3 is 2.70 bits per heavy atom. The predicted octanol–water partition coefficient (Wildman–Crippen LogP) is 3.23. The summed E-state index contributed by atoms with van der Waals surface area (Å²) in [4.78, 5) is 34.2. The molecule has 0 spiro atoms. The molecule has 1 aromatic carbocycles. The van der Waals surface area contributed by atoms with Crippen LogP contribution < -0.4 is 10.9 Å². The van der Waals surface area contributed by atoms with Crippen molar-refractivity contribution in [3.8, 4) is 0 Å². The lowest BCUT2D eigenvalue weighted by atomic mass is 10.1. The van der Waals surface area contributed by atoms with E-state index >= 15 is 0 Å². The van der Waals surface area contributed by atoms with Gasteiger partial charge in [-0.2, -0.15) is 5.10 Å². The van der Waals surface area contributed by atoms with Crippen molar-refractivity contribution < 1.29 is 4.79 Å². The molecule has 3 heterocycles. The van der Waals surface area contributed by atoms with Crippen LogP contribution in [0.3, 0.4) is 0 Å². The Kier molecular flexibility index (Phi) is 4.85. The van der Waals surface area contributed by atoms with Crippen LogP contribution in [0.1, 0.15) is 32.9 Å². The molecule has 0 atom stereocenters. The molecule has 8 nitrogen and oxygen atoms in total. The molecule has 8 heteroatoms. The number of nitrogens with zero attached hydrogens (tertiary/aromatic N) is 5. The molecular formula is C22H24N6O2. The molecule has 30 heavy (non-hydrogen) atoms. The molecule has 0 saturated heterocycles. The Balaban J connectivity index is 1.53. The van der Waals surface area contributed by atoms with Crippen molar-refractivity contribution in [3.05, 3.63) is 58.9 Å². The van der Waals surface area contributed by atoms with Crippen LogP contribution >= 0.6 is 0 Å². The fraction of sp³-hybridized carbons (Fsp3) is 0.318. The summed E-state index contributed by atoms with van der Waals surface area (Å²) < 4.78 is 3.18. The van der Waals surface area contributed by atoms with Gasteiger partial charge in [-0.15, -0.1) is 0 Å². The fourth-order valence-corrected chi connectivity index (χ4v) is 3.44. The summed E-state index contributed by atoms with van der Waals surface area (Å²) in [6, 6.07) is 9.51. The third-order valence-corrected chi connectivity index (χ3v) is 4.89. The van der Waals surface area contributed by atoms with Gasteiger partial charge in [0.15, 0.2) is 5.65 Å². The maximum Gasteiger partial charge on any atom is 0.264 e. The van der Waals surface area contributed by atoms with Gasteiger partial charge in [-0.3, -0.25) is 19.1 Å². The Labute approximate surface area is 173 Å². The highest BCUT2D eigenvalue weighted by atomic mass is 16.2. The molecule has 0 fully saturated rings. The summed E-state index contributed by atoms with van der Waals surface area (Å²) in [5.74, 6) is -0.178. The van der Waals surface area contributed by atoms with E-state index in [4.69, 9.17) is 0 Å². The van der Waals surface area contributed by atoms with Gasteiger partial charge in [0.2, 0.25) is 5.91 Å². The van der Waals surface area contributed by atoms with E-state index < -0.39 is 0 Å². The number of amides is 1. The zero-order chi connectivity index (χ0) is 21.5. The summed E-state index contributed by atoms with van der Waals surface area (Å²) >= 11 is 0. The molecule has 3 aromatic heterocycles. The second-order valence-corrected chi connectivity index (χ2v) is 8.33. The van der Waals surface area contributed by atoms with E-state index in [1.165, 1.54) is 10.9 Å². The van der Waals surface area contributed by atoms with Gasteiger partial charge in [0.25, 0.3) is 5.56 Å². The van der Waals surface area contributed by atoms with Gasteiger partial charge in [0.05, 0.1) is 29.3 Å². The molecule has 0 saturated carbocycles. The summed E-state index contributed by atoms with van der Waals surface area (Å²) in [5, 5.41) is 8.59. The average molecular weight is 404 g/mol. The second-order valence-electron chi connectivity index (χ2n) is 8.33. The SMILES string of the molecule is Cc1cc(NC(=O)CCn2cnc3c(cnn3C(C)(C)C)c2=O)c2ccccc2n1. The molecule has 0 aliphatic rings. The highest BCUT2D eigenvalue weighted by Gasteiger charge is 2.20. The zero-order valence-corrected chi connectivity index (χ0v) is 17.5. The third-order valence-electron chi connectivity index (χ3n) is 4.89. The number of pyridine rings is 1. The van der Waals surface area contributed by atoms with Gasteiger partial charge in [-0.05, 0) is 39.8 Å². The molecule has 4 aromatic rings. The van der Waals surface area contributed by atoms with Gasteiger partial charge < -0.3 is 5.32 Å². The Morgan fingerprint density at radius 2 is 1.93 bits per heavy atom. The van der Waals surface area contributed by atoms with Crippen LogP contribution in [-0.2, 0) is 16.9 Å². The molecule has 0 aliphatic carbocycles. The molecule has 1 N–H and O–H groups in total. The minimum Gasteiger partial charge on any atom is -0.325 e. The molecular weight excluding hydrogens is 380 g/mol. The van der Waals surface area contributed by atoms with E-state index in [9.17, 15) is 9.59 Å². The minimum absolute atomic E-state index is 0.149. The summed E-state index contributed by atoms with van der Waals surface area (Å²) in [5.41, 5.74) is 2.44. The number of benzene rings is 1. The van der Waals surface area contributed by atoms with Crippen LogP contribution in [0.15, 0.2) is 47.7 Å². The number of nitrogens with one attached hydrogen (secondary N) is 1. The van der Waals surface area contributed by atoms with Gasteiger partial charge in [-0.1, -0.05) is 18.2 Å². The minimum atomic E-state index is -0.279. The van der Waals surface area contributed by atoms with E-state index in [0.29, 0.717) is 11.0 Å². The van der Waals surface area contributed by atoms with Crippen molar-refractivity contribution in [2.75, 3.05) is 5.32 Å². The van der Waals surface area contributed by atoms with Crippen molar-refractivity contribution >= 4 is 33.5 Å². The second kappa shape index (κ2) is 7.37. The molecule has 154 valence electrons. The van der Waals surface area contributed by atoms with Crippen LogP contribution in [0.4, 0.5) is 5.69 Å². The van der Waals surface area contributed by atoms with Gasteiger partial charge >= 0.3 is 0 Å². The fourth-order valence-electron chi connectivity index (χ4n) is 3.44. The van der Waals surface area contributed by atoms with Crippen molar-refractivity contribution in [2.24, 2.45) is 0 Å². The van der Waals surface area contributed by atoms with E-state index in [-0.39, 0.29) is 30.0 Å². The average Bonchev–Trinajstić information content (AvgIpc) is 3.13. The largest absolute Gasteiger partial charge is 0.325 e. The van der Waals surface area contributed by atoms with Crippen molar-refractivity contribution in [2.45, 2.75) is 46.2 Å². The number of fused-ring (bicyclic) bond motifs is 2. The van der Waals surface area contributed by atoms with Gasteiger partial charge in [0, 0.05) is 24.0 Å². The van der Waals surface area contributed by atoms with Crippen LogP contribution in [0.2, 0.25) is 0 Å². The maximum atomic E-state index is 12.8. The lowest BCUT2D eigenvalue weighted by molar-refractivity contribution is -0.116. The maximum absolute atomic E-state index is 12.8. The molecule has 4 rings (SSSR count). The summed E-state index contributed by atoms with van der Waals surface area (Å²) in [6.45, 7) is 8.13. The number of para-hydroxylation sites is 1. The van der Waals surface area contributed by atoms with Crippen LogP contribution in [0, 0.1) is 6.92 Å². The Morgan fingerprint density at radius 1 is 1.17 bits per heavy atom. The van der Waals surface area contributed by atoms with Gasteiger partial charge in [0.1, 0.15) is 5.39 Å². The normalized spacial score (nSPS) is 11.9. The number of hydrogen-bond donors (Lipinski definition) is 1. The lowest BCUT2D eigenvalue weighted by Gasteiger charge is -2.19. The first-order valence-corrected chi connectivity index (χ1v) is 9.84. The zero-order valence-electron chi connectivity index (χ0n) is 17.5. The first-order valence-electron chi connectivity index (χ1n) is 9.84. The first kappa shape index (κ1) is 19.8. The van der Waals surface area contributed by atoms with E-state index in [0.717, 1.165) is 22.3 Å². The van der Waals surface area contributed by atoms with E-state index in [2.05, 4.69) is 20.4 Å². The number of anilines is 1. The number of carbonyl (C=O) groups excluding carboxylic acids is 1. The van der Waals surface area contributed by atoms with Crippen molar-refractivity contribution in [3.63, 3.8) is 0 Å². The number of aryl methyl sites for hydroxylation is 2. The van der Waals surface area contributed by atoms with Crippen molar-refractivity contribution in [1.82, 2.24) is 24.3 Å². The smallest absolute Gasteiger partial charge is 0.264 e. The first-order chi connectivity index (χ1) is 14.2. The van der Waals surface area contributed by atoms with Gasteiger partial charge in [-0.25, -0.2) is 9.67 Å². The monoisotopic (exact) mass is 404 g/mol. The number of aromatic nitrogens is 5. The molecule has 0 bridgehead atoms. The van der Waals surface area contributed by atoms with E-state index in [1.807, 2.05) is 58.0 Å². The predicted molar refractivity (Wildman–Crippen MR) is 117 cm³/mol. The van der Waals surface area contributed by atoms with Crippen molar-refractivity contribution in [1.29, 1.82) is 0 Å². The van der Waals surface area contributed by atoms with Crippen LogP contribution in [0.25, 0.3) is 21.9 Å². The molecule has 0 radical (unpaired) electrons. The Bertz CT molecular complexity index is 1310. The molecule has 0 unspecified atom stereocenters. The lowest BCUT2D eigenvalue weighted by Crippen LogP contribution is -2.26. The number of hydrogen-bond acceptors (Lipinski definition) is 5. The summed E-state index contributed by atoms with van der Waals surface area (Å²) in [6.07, 6.45) is 3.17. The third kappa shape index (κ3) is 3.68. The molecule has 1 amide bonds. The quantitative estimate of drug-likeness (QED) is 0.563.